The third-order valence-corrected chi connectivity index (χ3v) is 4.92. The molecule has 0 aromatic carbocycles. The molecule has 2 rings (SSSR count). The van der Waals surface area contributed by atoms with Crippen LogP contribution in [0.15, 0.2) is 0 Å². The highest BCUT2D eigenvalue weighted by Crippen LogP contribution is 2.38. The Bertz CT molecular complexity index is 251. The van der Waals surface area contributed by atoms with E-state index in [4.69, 9.17) is 5.73 Å². The van der Waals surface area contributed by atoms with Gasteiger partial charge in [0, 0.05) is 17.8 Å². The predicted octanol–water partition coefficient (Wildman–Crippen LogP) is 1.22. The third kappa shape index (κ3) is 2.48. The molecule has 2 fully saturated rings. The molecular weight excluding hydrogens is 208 g/mol. The fourth-order valence-corrected chi connectivity index (χ4v) is 3.81. The summed E-state index contributed by atoms with van der Waals surface area (Å²) in [7, 11) is 0. The van der Waals surface area contributed by atoms with Gasteiger partial charge in [0.25, 0.3) is 0 Å². The number of nitrogens with two attached hydrogens (primary N) is 1. The van der Waals surface area contributed by atoms with Crippen LogP contribution in [0.5, 0.6) is 0 Å². The van der Waals surface area contributed by atoms with Crippen LogP contribution in [0.25, 0.3) is 0 Å². The van der Waals surface area contributed by atoms with Gasteiger partial charge in [-0.15, -0.1) is 0 Å². The summed E-state index contributed by atoms with van der Waals surface area (Å²) in [5, 5.41) is 0. The summed E-state index contributed by atoms with van der Waals surface area (Å²) in [5.74, 6) is 1.40. The Kier molecular flexibility index (Phi) is 3.26. The number of thioether (sulfide) groups is 1. The van der Waals surface area contributed by atoms with E-state index in [0.717, 1.165) is 25.9 Å². The van der Waals surface area contributed by atoms with Crippen LogP contribution in [-0.2, 0) is 4.79 Å². The van der Waals surface area contributed by atoms with Crippen LogP contribution in [-0.4, -0.2) is 40.4 Å². The fourth-order valence-electron chi connectivity index (χ4n) is 2.49. The summed E-state index contributed by atoms with van der Waals surface area (Å²) in [5.41, 5.74) is 5.79. The molecule has 0 aliphatic carbocycles. The topological polar surface area (TPSA) is 46.3 Å². The van der Waals surface area contributed by atoms with Crippen molar-refractivity contribution in [3.05, 3.63) is 0 Å². The van der Waals surface area contributed by atoms with Crippen LogP contribution in [0.3, 0.4) is 0 Å². The summed E-state index contributed by atoms with van der Waals surface area (Å²) in [4.78, 5) is 13.8. The van der Waals surface area contributed by atoms with Gasteiger partial charge in [-0.05, 0) is 38.4 Å². The summed E-state index contributed by atoms with van der Waals surface area (Å²) in [6, 6.07) is -0.242. The smallest absolute Gasteiger partial charge is 0.239 e. The first kappa shape index (κ1) is 11.3. The van der Waals surface area contributed by atoms with Gasteiger partial charge in [0.15, 0.2) is 0 Å². The minimum Gasteiger partial charge on any atom is -0.340 e. The van der Waals surface area contributed by atoms with E-state index in [-0.39, 0.29) is 16.7 Å². The SMILES string of the molecule is CC1(CN2CCCC(N)C2=O)CCCS1. The summed E-state index contributed by atoms with van der Waals surface area (Å²) >= 11 is 2.01. The number of carbonyl (C=O) groups is 1. The molecule has 2 heterocycles. The zero-order valence-electron chi connectivity index (χ0n) is 9.37. The molecule has 0 saturated carbocycles. The van der Waals surface area contributed by atoms with E-state index < -0.39 is 0 Å². The van der Waals surface area contributed by atoms with Gasteiger partial charge in [0.05, 0.1) is 6.04 Å². The molecule has 0 bridgehead atoms. The number of carbonyl (C=O) groups excluding carboxylic acids is 1. The Morgan fingerprint density at radius 2 is 2.40 bits per heavy atom. The third-order valence-electron chi connectivity index (χ3n) is 3.40. The van der Waals surface area contributed by atoms with Gasteiger partial charge in [-0.1, -0.05) is 0 Å². The highest BCUT2D eigenvalue weighted by molar-refractivity contribution is 8.00. The number of nitrogens with zero attached hydrogens (tertiary/aromatic N) is 1. The van der Waals surface area contributed by atoms with E-state index >= 15 is 0 Å². The van der Waals surface area contributed by atoms with Crippen LogP contribution in [0.1, 0.15) is 32.6 Å². The molecule has 15 heavy (non-hydrogen) atoms. The fraction of sp³-hybridized carbons (Fsp3) is 0.909. The predicted molar refractivity (Wildman–Crippen MR) is 63.9 cm³/mol. The number of hydrogen-bond acceptors (Lipinski definition) is 3. The lowest BCUT2D eigenvalue weighted by Gasteiger charge is -2.36. The summed E-state index contributed by atoms with van der Waals surface area (Å²) in [6.45, 7) is 4.07. The maximum Gasteiger partial charge on any atom is 0.239 e. The zero-order valence-corrected chi connectivity index (χ0v) is 10.2. The van der Waals surface area contributed by atoms with Crippen molar-refractivity contribution in [2.45, 2.75) is 43.4 Å². The van der Waals surface area contributed by atoms with Crippen molar-refractivity contribution in [2.24, 2.45) is 5.73 Å². The van der Waals surface area contributed by atoms with E-state index in [2.05, 4.69) is 6.92 Å². The molecule has 86 valence electrons. The van der Waals surface area contributed by atoms with Crippen molar-refractivity contribution in [3.63, 3.8) is 0 Å². The van der Waals surface area contributed by atoms with E-state index in [0.29, 0.717) is 0 Å². The molecule has 0 aromatic rings. The Labute approximate surface area is 95.8 Å². The lowest BCUT2D eigenvalue weighted by Crippen LogP contribution is -2.51. The molecule has 2 aliphatic heterocycles. The molecule has 0 spiro atoms. The Morgan fingerprint density at radius 3 is 3.07 bits per heavy atom. The van der Waals surface area contributed by atoms with Gasteiger partial charge in [-0.2, -0.15) is 11.8 Å². The second-order valence-corrected chi connectivity index (χ2v) is 6.59. The van der Waals surface area contributed by atoms with Crippen LogP contribution in [0.4, 0.5) is 0 Å². The van der Waals surface area contributed by atoms with Gasteiger partial charge in [-0.3, -0.25) is 4.79 Å². The normalized spacial score (nSPS) is 37.3. The first-order valence-corrected chi connectivity index (χ1v) is 6.78. The van der Waals surface area contributed by atoms with Crippen molar-refractivity contribution >= 4 is 17.7 Å². The van der Waals surface area contributed by atoms with E-state index in [1.807, 2.05) is 16.7 Å². The van der Waals surface area contributed by atoms with Gasteiger partial charge in [0.2, 0.25) is 5.91 Å². The Morgan fingerprint density at radius 1 is 1.60 bits per heavy atom. The van der Waals surface area contributed by atoms with Crippen LogP contribution in [0, 0.1) is 0 Å². The van der Waals surface area contributed by atoms with Crippen molar-refractivity contribution in [1.82, 2.24) is 4.90 Å². The van der Waals surface area contributed by atoms with E-state index in [9.17, 15) is 4.79 Å². The number of likely N-dealkylation sites (tertiary alicyclic amines) is 1. The standard InChI is InChI=1S/C11H20N2OS/c1-11(5-3-7-15-11)8-13-6-2-4-9(12)10(13)14/h9H,2-8,12H2,1H3. The Hall–Kier alpha value is -0.220. The molecule has 4 heteroatoms. The van der Waals surface area contributed by atoms with E-state index in [1.165, 1.54) is 18.6 Å². The first-order valence-electron chi connectivity index (χ1n) is 5.79. The van der Waals surface area contributed by atoms with Crippen molar-refractivity contribution < 1.29 is 4.79 Å². The average molecular weight is 228 g/mol. The average Bonchev–Trinajstić information content (AvgIpc) is 2.60. The molecule has 0 radical (unpaired) electrons. The second-order valence-electron chi connectivity index (χ2n) is 4.91. The number of piperidine rings is 1. The van der Waals surface area contributed by atoms with Crippen LogP contribution >= 0.6 is 11.8 Å². The first-order chi connectivity index (χ1) is 7.11. The van der Waals surface area contributed by atoms with Gasteiger partial charge in [-0.25, -0.2) is 0 Å². The van der Waals surface area contributed by atoms with Gasteiger partial charge < -0.3 is 10.6 Å². The number of rotatable bonds is 2. The molecular formula is C11H20N2OS. The monoisotopic (exact) mass is 228 g/mol. The molecule has 2 atom stereocenters. The van der Waals surface area contributed by atoms with Crippen LogP contribution in [0.2, 0.25) is 0 Å². The van der Waals surface area contributed by atoms with Crippen molar-refractivity contribution in [3.8, 4) is 0 Å². The van der Waals surface area contributed by atoms with E-state index in [1.54, 1.807) is 0 Å². The summed E-state index contributed by atoms with van der Waals surface area (Å²) in [6.07, 6.45) is 4.44. The van der Waals surface area contributed by atoms with Gasteiger partial charge in [0.1, 0.15) is 0 Å². The lowest BCUT2D eigenvalue weighted by atomic mass is 10.0. The minimum absolute atomic E-state index is 0.162. The maximum absolute atomic E-state index is 11.8. The minimum atomic E-state index is -0.242. The van der Waals surface area contributed by atoms with Gasteiger partial charge >= 0.3 is 0 Å². The molecule has 2 saturated heterocycles. The quantitative estimate of drug-likeness (QED) is 0.773. The Balaban J connectivity index is 1.95. The highest BCUT2D eigenvalue weighted by Gasteiger charge is 2.35. The molecule has 0 aromatic heterocycles. The molecule has 2 unspecified atom stereocenters. The highest BCUT2D eigenvalue weighted by atomic mass is 32.2. The number of hydrogen-bond donors (Lipinski definition) is 1. The van der Waals surface area contributed by atoms with Crippen LogP contribution < -0.4 is 5.73 Å². The maximum atomic E-state index is 11.8. The molecule has 2 N–H and O–H groups in total. The summed E-state index contributed by atoms with van der Waals surface area (Å²) < 4.78 is 0.284. The molecule has 2 aliphatic rings. The zero-order chi connectivity index (χ0) is 10.9. The van der Waals surface area contributed by atoms with Crippen molar-refractivity contribution in [1.29, 1.82) is 0 Å². The largest absolute Gasteiger partial charge is 0.340 e. The number of amides is 1. The second kappa shape index (κ2) is 4.34. The molecule has 3 nitrogen and oxygen atoms in total. The lowest BCUT2D eigenvalue weighted by molar-refractivity contribution is -0.135. The van der Waals surface area contributed by atoms with Crippen molar-refractivity contribution in [2.75, 3.05) is 18.8 Å². The molecule has 1 amide bonds.